The first-order valence-electron chi connectivity index (χ1n) is 7.71. The van der Waals surface area contributed by atoms with Gasteiger partial charge in [0, 0.05) is 12.1 Å². The molecule has 0 unspecified atom stereocenters. The van der Waals surface area contributed by atoms with Crippen molar-refractivity contribution in [1.82, 2.24) is 14.4 Å². The zero-order valence-corrected chi connectivity index (χ0v) is 14.7. The summed E-state index contributed by atoms with van der Waals surface area (Å²) in [6, 6.07) is 8.04. The van der Waals surface area contributed by atoms with Gasteiger partial charge in [-0.25, -0.2) is 14.4 Å². The maximum Gasteiger partial charge on any atom is 0.157 e. The molecule has 4 rings (SSSR count). The van der Waals surface area contributed by atoms with E-state index in [4.69, 9.17) is 21.1 Å². The monoisotopic (exact) mass is 372 g/mol. The molecule has 6 nitrogen and oxygen atoms in total. The molecule has 0 fully saturated rings. The molecule has 0 bridgehead atoms. The van der Waals surface area contributed by atoms with Crippen LogP contribution in [-0.4, -0.2) is 28.6 Å². The lowest BCUT2D eigenvalue weighted by atomic mass is 10.2. The van der Waals surface area contributed by atoms with Crippen LogP contribution in [0, 0.1) is 5.82 Å². The standard InChI is InChI=1S/C18H14ClFN4O2/c1-25-10-6-13-17(15(7-10)26-2)23-18(14-8-21-9-24(13)14)22-16-11(19)4-3-5-12(16)20/h3-9H,1-2H3,(H,22,23). The molecule has 26 heavy (non-hydrogen) atoms. The van der Waals surface area contributed by atoms with Gasteiger partial charge >= 0.3 is 0 Å². The van der Waals surface area contributed by atoms with Crippen LogP contribution in [0.2, 0.25) is 5.02 Å². The van der Waals surface area contributed by atoms with Crippen molar-refractivity contribution >= 4 is 39.7 Å². The number of anilines is 2. The van der Waals surface area contributed by atoms with E-state index in [9.17, 15) is 4.39 Å². The van der Waals surface area contributed by atoms with Crippen LogP contribution in [0.3, 0.4) is 0 Å². The Hall–Kier alpha value is -3.06. The first-order chi connectivity index (χ1) is 12.6. The molecule has 0 aliphatic rings. The average molecular weight is 373 g/mol. The Morgan fingerprint density at radius 1 is 1.15 bits per heavy atom. The Morgan fingerprint density at radius 2 is 2.00 bits per heavy atom. The normalized spacial score (nSPS) is 11.1. The molecule has 0 amide bonds. The fraction of sp³-hybridized carbons (Fsp3) is 0.111. The first-order valence-corrected chi connectivity index (χ1v) is 8.09. The molecule has 0 spiro atoms. The van der Waals surface area contributed by atoms with E-state index in [1.165, 1.54) is 6.07 Å². The van der Waals surface area contributed by atoms with Gasteiger partial charge in [0.2, 0.25) is 0 Å². The van der Waals surface area contributed by atoms with Crippen LogP contribution in [0.15, 0.2) is 42.9 Å². The summed E-state index contributed by atoms with van der Waals surface area (Å²) in [6.07, 6.45) is 3.28. The third-order valence-corrected chi connectivity index (χ3v) is 4.37. The molecule has 132 valence electrons. The average Bonchev–Trinajstić information content (AvgIpc) is 3.14. The minimum Gasteiger partial charge on any atom is -0.497 e. The smallest absolute Gasteiger partial charge is 0.157 e. The number of fused-ring (bicyclic) bond motifs is 3. The Bertz CT molecular complexity index is 1110. The summed E-state index contributed by atoms with van der Waals surface area (Å²) in [5.41, 5.74) is 2.14. The second kappa shape index (κ2) is 6.34. The minimum atomic E-state index is -0.473. The Balaban J connectivity index is 1.99. The van der Waals surface area contributed by atoms with E-state index in [0.29, 0.717) is 28.4 Å². The van der Waals surface area contributed by atoms with Gasteiger partial charge in [-0.3, -0.25) is 4.40 Å². The highest BCUT2D eigenvalue weighted by Gasteiger charge is 2.16. The highest BCUT2D eigenvalue weighted by molar-refractivity contribution is 6.33. The highest BCUT2D eigenvalue weighted by atomic mass is 35.5. The van der Waals surface area contributed by atoms with Crippen LogP contribution >= 0.6 is 11.6 Å². The molecule has 8 heteroatoms. The van der Waals surface area contributed by atoms with Gasteiger partial charge in [0.05, 0.1) is 43.0 Å². The third-order valence-electron chi connectivity index (χ3n) is 4.05. The summed E-state index contributed by atoms with van der Waals surface area (Å²) in [5, 5.41) is 3.23. The van der Waals surface area contributed by atoms with E-state index >= 15 is 0 Å². The minimum absolute atomic E-state index is 0.150. The lowest BCUT2D eigenvalue weighted by molar-refractivity contribution is 0.397. The lowest BCUT2D eigenvalue weighted by Crippen LogP contribution is -2.02. The van der Waals surface area contributed by atoms with Crippen molar-refractivity contribution in [1.29, 1.82) is 0 Å². The number of nitrogens with one attached hydrogen (secondary N) is 1. The number of halogens is 2. The van der Waals surface area contributed by atoms with Crippen molar-refractivity contribution in [3.05, 3.63) is 53.7 Å². The van der Waals surface area contributed by atoms with Crippen LogP contribution in [0.25, 0.3) is 16.6 Å². The fourth-order valence-electron chi connectivity index (χ4n) is 2.80. The van der Waals surface area contributed by atoms with E-state index in [2.05, 4.69) is 15.3 Å². The molecular weight excluding hydrogens is 359 g/mol. The summed E-state index contributed by atoms with van der Waals surface area (Å²) in [6.45, 7) is 0. The first kappa shape index (κ1) is 16.4. The second-order valence-corrected chi connectivity index (χ2v) is 5.94. The van der Waals surface area contributed by atoms with Crippen molar-refractivity contribution in [2.45, 2.75) is 0 Å². The largest absolute Gasteiger partial charge is 0.497 e. The molecule has 1 N–H and O–H groups in total. The molecule has 2 aromatic heterocycles. The van der Waals surface area contributed by atoms with Crippen molar-refractivity contribution < 1.29 is 13.9 Å². The van der Waals surface area contributed by atoms with Crippen LogP contribution in [0.4, 0.5) is 15.9 Å². The van der Waals surface area contributed by atoms with Gasteiger partial charge in [-0.2, -0.15) is 0 Å². The number of methoxy groups -OCH3 is 2. The number of nitrogens with zero attached hydrogens (tertiary/aromatic N) is 3. The SMILES string of the molecule is COc1cc(OC)c2nc(Nc3c(F)cccc3Cl)c3cncn3c2c1. The maximum atomic E-state index is 14.2. The highest BCUT2D eigenvalue weighted by Crippen LogP contribution is 2.35. The van der Waals surface area contributed by atoms with Gasteiger partial charge < -0.3 is 14.8 Å². The number of imidazole rings is 1. The van der Waals surface area contributed by atoms with Crippen LogP contribution in [-0.2, 0) is 0 Å². The third kappa shape index (κ3) is 2.57. The summed E-state index contributed by atoms with van der Waals surface area (Å²) in [4.78, 5) is 8.81. The summed E-state index contributed by atoms with van der Waals surface area (Å²) in [7, 11) is 3.13. The van der Waals surface area contributed by atoms with Crippen molar-refractivity contribution in [3.63, 3.8) is 0 Å². The molecule has 0 saturated carbocycles. The lowest BCUT2D eigenvalue weighted by Gasteiger charge is -2.14. The molecule has 4 aromatic rings. The summed E-state index contributed by atoms with van der Waals surface area (Å²) in [5.74, 6) is 1.09. The molecule has 0 saturated heterocycles. The van der Waals surface area contributed by atoms with Crippen LogP contribution in [0.5, 0.6) is 11.5 Å². The van der Waals surface area contributed by atoms with Crippen LogP contribution < -0.4 is 14.8 Å². The zero-order chi connectivity index (χ0) is 18.3. The van der Waals surface area contributed by atoms with Gasteiger partial charge in [-0.1, -0.05) is 17.7 Å². The van der Waals surface area contributed by atoms with Gasteiger partial charge in [0.1, 0.15) is 28.3 Å². The van der Waals surface area contributed by atoms with Crippen molar-refractivity contribution in [3.8, 4) is 11.5 Å². The number of aromatic nitrogens is 3. The topological polar surface area (TPSA) is 60.7 Å². The molecule has 2 heterocycles. The molecule has 0 atom stereocenters. The number of ether oxygens (including phenoxy) is 2. The fourth-order valence-corrected chi connectivity index (χ4v) is 3.01. The van der Waals surface area contributed by atoms with E-state index in [1.54, 1.807) is 44.9 Å². The second-order valence-electron chi connectivity index (χ2n) is 5.53. The molecule has 0 radical (unpaired) electrons. The molecule has 0 aliphatic carbocycles. The van der Waals surface area contributed by atoms with Crippen molar-refractivity contribution in [2.75, 3.05) is 19.5 Å². The predicted octanol–water partition coefficient (Wildman–Crippen LogP) is 4.44. The van der Waals surface area contributed by atoms with E-state index in [-0.39, 0.29) is 10.7 Å². The quantitative estimate of drug-likeness (QED) is 0.574. The number of benzene rings is 2. The van der Waals surface area contributed by atoms with Crippen LogP contribution in [0.1, 0.15) is 0 Å². The van der Waals surface area contributed by atoms with E-state index in [1.807, 2.05) is 10.5 Å². The van der Waals surface area contributed by atoms with E-state index in [0.717, 1.165) is 5.52 Å². The Labute approximate surface area is 153 Å². The Morgan fingerprint density at radius 3 is 2.73 bits per heavy atom. The Kier molecular flexibility index (Phi) is 4.00. The van der Waals surface area contributed by atoms with Gasteiger partial charge in [0.25, 0.3) is 0 Å². The zero-order valence-electron chi connectivity index (χ0n) is 14.0. The van der Waals surface area contributed by atoms with E-state index < -0.39 is 5.82 Å². The van der Waals surface area contributed by atoms with Gasteiger partial charge in [-0.05, 0) is 12.1 Å². The molecule has 2 aromatic carbocycles. The number of hydrogen-bond donors (Lipinski definition) is 1. The van der Waals surface area contributed by atoms with Gasteiger partial charge in [0.15, 0.2) is 5.82 Å². The predicted molar refractivity (Wildman–Crippen MR) is 98.3 cm³/mol. The van der Waals surface area contributed by atoms with Crippen molar-refractivity contribution in [2.24, 2.45) is 0 Å². The summed E-state index contributed by atoms with van der Waals surface area (Å²) < 4.78 is 26.8. The number of para-hydroxylation sites is 1. The number of rotatable bonds is 4. The number of hydrogen-bond acceptors (Lipinski definition) is 5. The summed E-state index contributed by atoms with van der Waals surface area (Å²) >= 11 is 6.13. The maximum absolute atomic E-state index is 14.2. The molecular formula is C18H14ClFN4O2. The molecule has 0 aliphatic heterocycles. The van der Waals surface area contributed by atoms with Gasteiger partial charge in [-0.15, -0.1) is 0 Å².